The van der Waals surface area contributed by atoms with Crippen molar-refractivity contribution in [1.29, 1.82) is 0 Å². The molecule has 3 aromatic carbocycles. The zero-order chi connectivity index (χ0) is 29.0. The number of rotatable bonds is 9. The molecular weight excluding hydrogens is 555 g/mol. The van der Waals surface area contributed by atoms with Gasteiger partial charge in [0, 0.05) is 22.0 Å². The standard InChI is InChI=1S/C29H28ClFN4O4S/c1-19-9-12-24(13-10-19)40(37,38)34(27-16-23(30)11-14-28(27)39-4)18-29(36)33-32-17-22-15-20(2)35(21(22)3)26-8-6-5-7-25(26)31/h5-17H,18H2,1-4H3,(H,33,36)/b32-17-. The Kier molecular flexibility index (Phi) is 8.61. The first-order valence-corrected chi connectivity index (χ1v) is 14.0. The monoisotopic (exact) mass is 582 g/mol. The number of aryl methyl sites for hydroxylation is 2. The van der Waals surface area contributed by atoms with E-state index in [-0.39, 0.29) is 27.2 Å². The fourth-order valence-corrected chi connectivity index (χ4v) is 5.85. The smallest absolute Gasteiger partial charge is 0.264 e. The number of carbonyl (C=O) groups excluding carboxylic acids is 1. The van der Waals surface area contributed by atoms with Gasteiger partial charge in [0.25, 0.3) is 15.9 Å². The molecule has 4 aromatic rings. The third-order valence-electron chi connectivity index (χ3n) is 6.26. The van der Waals surface area contributed by atoms with E-state index in [9.17, 15) is 17.6 Å². The number of benzene rings is 3. The number of para-hydroxylation sites is 1. The number of amides is 1. The van der Waals surface area contributed by atoms with Crippen LogP contribution < -0.4 is 14.5 Å². The first-order valence-electron chi connectivity index (χ1n) is 12.2. The predicted octanol–water partition coefficient (Wildman–Crippen LogP) is 5.55. The molecule has 0 aliphatic rings. The first kappa shape index (κ1) is 28.8. The quantitative estimate of drug-likeness (QED) is 0.207. The van der Waals surface area contributed by atoms with Gasteiger partial charge in [0.1, 0.15) is 18.1 Å². The van der Waals surface area contributed by atoms with Crippen LogP contribution in [-0.4, -0.2) is 38.8 Å². The Morgan fingerprint density at radius 2 is 1.77 bits per heavy atom. The summed E-state index contributed by atoms with van der Waals surface area (Å²) >= 11 is 6.18. The molecule has 0 atom stereocenters. The molecule has 8 nitrogen and oxygen atoms in total. The molecule has 11 heteroatoms. The van der Waals surface area contributed by atoms with Crippen LogP contribution in [-0.2, 0) is 14.8 Å². The van der Waals surface area contributed by atoms with E-state index < -0.39 is 22.5 Å². The fourth-order valence-electron chi connectivity index (χ4n) is 4.26. The van der Waals surface area contributed by atoms with Gasteiger partial charge in [-0.05, 0) is 69.3 Å². The minimum absolute atomic E-state index is 0.00277. The molecule has 4 rings (SSSR count). The van der Waals surface area contributed by atoms with Gasteiger partial charge in [0.2, 0.25) is 0 Å². The Labute approximate surface area is 237 Å². The van der Waals surface area contributed by atoms with E-state index in [1.54, 1.807) is 41.0 Å². The summed E-state index contributed by atoms with van der Waals surface area (Å²) in [6.45, 7) is 4.89. The number of aromatic nitrogens is 1. The second-order valence-corrected chi connectivity index (χ2v) is 11.3. The minimum atomic E-state index is -4.19. The number of sulfonamides is 1. The van der Waals surface area contributed by atoms with Crippen molar-refractivity contribution in [2.75, 3.05) is 18.0 Å². The average Bonchev–Trinajstić information content (AvgIpc) is 3.20. The Balaban J connectivity index is 1.61. The van der Waals surface area contributed by atoms with Gasteiger partial charge in [-0.3, -0.25) is 9.10 Å². The molecule has 1 heterocycles. The minimum Gasteiger partial charge on any atom is -0.495 e. The van der Waals surface area contributed by atoms with Gasteiger partial charge in [-0.2, -0.15) is 5.10 Å². The number of nitrogens with one attached hydrogen (secondary N) is 1. The highest BCUT2D eigenvalue weighted by atomic mass is 35.5. The average molecular weight is 583 g/mol. The molecule has 0 fully saturated rings. The van der Waals surface area contributed by atoms with E-state index in [0.717, 1.165) is 15.6 Å². The van der Waals surface area contributed by atoms with Crippen LogP contribution in [0.5, 0.6) is 5.75 Å². The van der Waals surface area contributed by atoms with Gasteiger partial charge in [-0.15, -0.1) is 0 Å². The topological polar surface area (TPSA) is 93.0 Å². The number of hydrogen-bond acceptors (Lipinski definition) is 5. The molecule has 0 bridgehead atoms. The lowest BCUT2D eigenvalue weighted by Crippen LogP contribution is -2.39. The first-order chi connectivity index (χ1) is 19.0. The van der Waals surface area contributed by atoms with Gasteiger partial charge in [-0.1, -0.05) is 41.4 Å². The number of methoxy groups -OCH3 is 1. The highest BCUT2D eigenvalue weighted by molar-refractivity contribution is 7.92. The number of hydrazone groups is 1. The van der Waals surface area contributed by atoms with Crippen LogP contribution in [0.4, 0.5) is 10.1 Å². The highest BCUT2D eigenvalue weighted by Gasteiger charge is 2.29. The van der Waals surface area contributed by atoms with Crippen molar-refractivity contribution in [2.45, 2.75) is 25.7 Å². The third kappa shape index (κ3) is 6.03. The Hall–Kier alpha value is -4.15. The Morgan fingerprint density at radius 3 is 2.45 bits per heavy atom. The van der Waals surface area contributed by atoms with Crippen LogP contribution in [0.25, 0.3) is 5.69 Å². The fraction of sp³-hybridized carbons (Fsp3) is 0.172. The maximum absolute atomic E-state index is 14.4. The normalized spacial score (nSPS) is 11.6. The van der Waals surface area contributed by atoms with Crippen LogP contribution in [0, 0.1) is 26.6 Å². The SMILES string of the molecule is COc1ccc(Cl)cc1N(CC(=O)N/N=C\c1cc(C)n(-c2ccccc2F)c1C)S(=O)(=O)c1ccc(C)cc1. The summed E-state index contributed by atoms with van der Waals surface area (Å²) in [7, 11) is -2.80. The molecule has 1 aromatic heterocycles. The van der Waals surface area contributed by atoms with Crippen LogP contribution in [0.3, 0.4) is 0 Å². The maximum Gasteiger partial charge on any atom is 0.264 e. The van der Waals surface area contributed by atoms with Crippen molar-refractivity contribution in [1.82, 2.24) is 9.99 Å². The molecule has 1 N–H and O–H groups in total. The van der Waals surface area contributed by atoms with Crippen molar-refractivity contribution in [3.8, 4) is 11.4 Å². The number of halogens is 2. The van der Waals surface area contributed by atoms with Crippen LogP contribution >= 0.6 is 11.6 Å². The summed E-state index contributed by atoms with van der Waals surface area (Å²) in [5.74, 6) is -0.846. The van der Waals surface area contributed by atoms with Crippen molar-refractivity contribution in [2.24, 2.45) is 5.10 Å². The second-order valence-electron chi connectivity index (χ2n) is 9.05. The van der Waals surface area contributed by atoms with Crippen LogP contribution in [0.1, 0.15) is 22.5 Å². The molecule has 0 aliphatic heterocycles. The summed E-state index contributed by atoms with van der Waals surface area (Å²) in [5.41, 5.74) is 5.92. The van der Waals surface area contributed by atoms with E-state index in [1.807, 2.05) is 26.8 Å². The molecule has 0 spiro atoms. The molecule has 40 heavy (non-hydrogen) atoms. The molecule has 0 saturated heterocycles. The van der Waals surface area contributed by atoms with Gasteiger partial charge in [0.15, 0.2) is 0 Å². The zero-order valence-electron chi connectivity index (χ0n) is 22.4. The lowest BCUT2D eigenvalue weighted by atomic mass is 10.2. The number of carbonyl (C=O) groups is 1. The summed E-state index contributed by atoms with van der Waals surface area (Å²) in [6, 6.07) is 19.0. The summed E-state index contributed by atoms with van der Waals surface area (Å²) in [5, 5.41) is 4.30. The summed E-state index contributed by atoms with van der Waals surface area (Å²) in [4.78, 5) is 13.0. The third-order valence-corrected chi connectivity index (χ3v) is 8.27. The zero-order valence-corrected chi connectivity index (χ0v) is 23.9. The van der Waals surface area contributed by atoms with E-state index in [1.165, 1.54) is 43.7 Å². The van der Waals surface area contributed by atoms with Crippen molar-refractivity contribution >= 4 is 39.4 Å². The number of nitrogens with zero attached hydrogens (tertiary/aromatic N) is 3. The molecular formula is C29H28ClFN4O4S. The predicted molar refractivity (Wildman–Crippen MR) is 155 cm³/mol. The van der Waals surface area contributed by atoms with Crippen molar-refractivity contribution < 1.29 is 22.3 Å². The van der Waals surface area contributed by atoms with Gasteiger partial charge >= 0.3 is 0 Å². The Bertz CT molecular complexity index is 1680. The van der Waals surface area contributed by atoms with Crippen LogP contribution in [0.15, 0.2) is 82.8 Å². The van der Waals surface area contributed by atoms with Gasteiger partial charge in [0.05, 0.1) is 29.6 Å². The largest absolute Gasteiger partial charge is 0.495 e. The molecule has 0 radical (unpaired) electrons. The van der Waals surface area contributed by atoms with E-state index in [0.29, 0.717) is 16.9 Å². The molecule has 0 aliphatic carbocycles. The summed E-state index contributed by atoms with van der Waals surface area (Å²) in [6.07, 6.45) is 1.43. The lowest BCUT2D eigenvalue weighted by Gasteiger charge is -2.25. The molecule has 0 saturated carbocycles. The maximum atomic E-state index is 14.4. The van der Waals surface area contributed by atoms with Crippen molar-refractivity contribution in [3.05, 3.63) is 106 Å². The Morgan fingerprint density at radius 1 is 1.07 bits per heavy atom. The molecule has 0 unspecified atom stereocenters. The number of hydrogen-bond donors (Lipinski definition) is 1. The second kappa shape index (κ2) is 11.9. The van der Waals surface area contributed by atoms with E-state index >= 15 is 0 Å². The highest BCUT2D eigenvalue weighted by Crippen LogP contribution is 2.34. The van der Waals surface area contributed by atoms with E-state index in [2.05, 4.69) is 10.5 Å². The van der Waals surface area contributed by atoms with E-state index in [4.69, 9.17) is 16.3 Å². The van der Waals surface area contributed by atoms with Gasteiger partial charge in [-0.25, -0.2) is 18.2 Å². The number of ether oxygens (including phenoxy) is 1. The van der Waals surface area contributed by atoms with Crippen LogP contribution in [0.2, 0.25) is 5.02 Å². The lowest BCUT2D eigenvalue weighted by molar-refractivity contribution is -0.119. The number of anilines is 1. The molecule has 1 amide bonds. The van der Waals surface area contributed by atoms with Gasteiger partial charge < -0.3 is 9.30 Å². The molecule has 208 valence electrons. The van der Waals surface area contributed by atoms with Crippen molar-refractivity contribution in [3.63, 3.8) is 0 Å². The summed E-state index contributed by atoms with van der Waals surface area (Å²) < 4.78 is 49.8.